The van der Waals surface area contributed by atoms with Crippen LogP contribution in [0.1, 0.15) is 12.6 Å². The van der Waals surface area contributed by atoms with E-state index in [2.05, 4.69) is 4.98 Å². The standard InChI is InChI=1S/C7H7ClFN/c1-2-5-3-4-6(9)7(8)10-5/h3-4H,2H2,1H3. The van der Waals surface area contributed by atoms with Crippen LogP contribution >= 0.6 is 11.6 Å². The van der Waals surface area contributed by atoms with E-state index >= 15 is 0 Å². The van der Waals surface area contributed by atoms with E-state index in [1.807, 2.05) is 6.92 Å². The molecule has 0 N–H and O–H groups in total. The highest BCUT2D eigenvalue weighted by atomic mass is 35.5. The molecule has 0 radical (unpaired) electrons. The van der Waals surface area contributed by atoms with Crippen LogP contribution in [-0.2, 0) is 6.42 Å². The number of nitrogens with zero attached hydrogens (tertiary/aromatic N) is 1. The van der Waals surface area contributed by atoms with Crippen molar-refractivity contribution in [1.82, 2.24) is 4.98 Å². The quantitative estimate of drug-likeness (QED) is 0.574. The van der Waals surface area contributed by atoms with Crippen molar-refractivity contribution in [1.29, 1.82) is 0 Å². The second kappa shape index (κ2) is 2.97. The highest BCUT2D eigenvalue weighted by Gasteiger charge is 1.99. The maximum Gasteiger partial charge on any atom is 0.164 e. The fourth-order valence-electron chi connectivity index (χ4n) is 0.652. The molecule has 0 aliphatic heterocycles. The van der Waals surface area contributed by atoms with Crippen LogP contribution in [0.3, 0.4) is 0 Å². The van der Waals surface area contributed by atoms with Crippen LogP contribution in [0.15, 0.2) is 12.1 Å². The van der Waals surface area contributed by atoms with Crippen LogP contribution in [0.2, 0.25) is 5.15 Å². The van der Waals surface area contributed by atoms with E-state index in [0.29, 0.717) is 0 Å². The van der Waals surface area contributed by atoms with Gasteiger partial charge in [-0.1, -0.05) is 18.5 Å². The Morgan fingerprint density at radius 3 is 2.80 bits per heavy atom. The van der Waals surface area contributed by atoms with E-state index in [4.69, 9.17) is 11.6 Å². The van der Waals surface area contributed by atoms with Crippen molar-refractivity contribution < 1.29 is 4.39 Å². The van der Waals surface area contributed by atoms with E-state index in [0.717, 1.165) is 12.1 Å². The van der Waals surface area contributed by atoms with Crippen molar-refractivity contribution in [3.63, 3.8) is 0 Å². The smallest absolute Gasteiger partial charge is 0.164 e. The number of hydrogen-bond donors (Lipinski definition) is 0. The maximum absolute atomic E-state index is 12.4. The monoisotopic (exact) mass is 159 g/mol. The van der Waals surface area contributed by atoms with E-state index in [-0.39, 0.29) is 5.15 Å². The van der Waals surface area contributed by atoms with E-state index in [1.54, 1.807) is 6.07 Å². The first-order valence-electron chi connectivity index (χ1n) is 3.05. The SMILES string of the molecule is CCc1ccc(F)c(Cl)n1. The largest absolute Gasteiger partial charge is 0.238 e. The number of aryl methyl sites for hydroxylation is 1. The van der Waals surface area contributed by atoms with E-state index in [9.17, 15) is 4.39 Å². The summed E-state index contributed by atoms with van der Waals surface area (Å²) in [6.45, 7) is 1.94. The fraction of sp³-hybridized carbons (Fsp3) is 0.286. The van der Waals surface area contributed by atoms with Crippen molar-refractivity contribution in [2.75, 3.05) is 0 Å². The Balaban J connectivity index is 3.04. The first-order chi connectivity index (χ1) is 4.74. The zero-order valence-electron chi connectivity index (χ0n) is 5.56. The average molecular weight is 160 g/mol. The van der Waals surface area contributed by atoms with Crippen LogP contribution in [0.5, 0.6) is 0 Å². The lowest BCUT2D eigenvalue weighted by Gasteiger charge is -1.95. The normalized spacial score (nSPS) is 9.90. The Labute approximate surface area is 63.8 Å². The molecule has 0 fully saturated rings. The zero-order chi connectivity index (χ0) is 7.56. The summed E-state index contributed by atoms with van der Waals surface area (Å²) in [4.78, 5) is 3.78. The summed E-state index contributed by atoms with van der Waals surface area (Å²) in [6, 6.07) is 2.95. The molecule has 0 saturated carbocycles. The molecule has 1 heterocycles. The number of aromatic nitrogens is 1. The van der Waals surface area contributed by atoms with Gasteiger partial charge in [-0.25, -0.2) is 9.37 Å². The second-order valence-corrected chi connectivity index (χ2v) is 2.29. The van der Waals surface area contributed by atoms with Gasteiger partial charge < -0.3 is 0 Å². The molecular weight excluding hydrogens is 153 g/mol. The molecule has 0 aliphatic carbocycles. The summed E-state index contributed by atoms with van der Waals surface area (Å²) in [5.74, 6) is -0.459. The van der Waals surface area contributed by atoms with Gasteiger partial charge in [0.2, 0.25) is 0 Å². The fourth-order valence-corrected chi connectivity index (χ4v) is 0.823. The third kappa shape index (κ3) is 1.45. The predicted molar refractivity (Wildman–Crippen MR) is 38.6 cm³/mol. The summed E-state index contributed by atoms with van der Waals surface area (Å²) >= 11 is 5.41. The lowest BCUT2D eigenvalue weighted by atomic mass is 10.3. The minimum Gasteiger partial charge on any atom is -0.238 e. The molecule has 1 aromatic rings. The minimum absolute atomic E-state index is 0.0423. The van der Waals surface area contributed by atoms with Gasteiger partial charge in [0.05, 0.1) is 0 Å². The number of rotatable bonds is 1. The lowest BCUT2D eigenvalue weighted by molar-refractivity contribution is 0.620. The highest BCUT2D eigenvalue weighted by Crippen LogP contribution is 2.11. The Bertz CT molecular complexity index is 237. The Hall–Kier alpha value is -0.630. The Kier molecular flexibility index (Phi) is 2.22. The molecule has 10 heavy (non-hydrogen) atoms. The topological polar surface area (TPSA) is 12.9 Å². The highest BCUT2D eigenvalue weighted by molar-refractivity contribution is 6.29. The average Bonchev–Trinajstić information content (AvgIpc) is 1.95. The van der Waals surface area contributed by atoms with Gasteiger partial charge in [0, 0.05) is 5.69 Å². The maximum atomic E-state index is 12.4. The lowest BCUT2D eigenvalue weighted by Crippen LogP contribution is -1.88. The van der Waals surface area contributed by atoms with Crippen molar-refractivity contribution in [3.05, 3.63) is 28.8 Å². The molecule has 0 aliphatic rings. The van der Waals surface area contributed by atoms with Crippen LogP contribution < -0.4 is 0 Å². The van der Waals surface area contributed by atoms with Gasteiger partial charge >= 0.3 is 0 Å². The summed E-state index contributed by atoms with van der Waals surface area (Å²) < 4.78 is 12.4. The molecular formula is C7H7ClFN. The van der Waals surface area contributed by atoms with Gasteiger partial charge in [-0.2, -0.15) is 0 Å². The number of hydrogen-bond acceptors (Lipinski definition) is 1. The molecule has 1 aromatic heterocycles. The molecule has 0 spiro atoms. The third-order valence-electron chi connectivity index (χ3n) is 1.22. The van der Waals surface area contributed by atoms with Crippen LogP contribution in [0.4, 0.5) is 4.39 Å². The zero-order valence-corrected chi connectivity index (χ0v) is 6.32. The molecule has 0 bridgehead atoms. The second-order valence-electron chi connectivity index (χ2n) is 1.93. The van der Waals surface area contributed by atoms with Crippen molar-refractivity contribution in [3.8, 4) is 0 Å². The summed E-state index contributed by atoms with van der Waals surface area (Å²) in [7, 11) is 0. The molecule has 0 aromatic carbocycles. The summed E-state index contributed by atoms with van der Waals surface area (Å²) in [5, 5.41) is -0.0423. The molecule has 1 rings (SSSR count). The Morgan fingerprint density at radius 2 is 2.30 bits per heavy atom. The summed E-state index contributed by atoms with van der Waals surface area (Å²) in [5.41, 5.74) is 0.811. The first-order valence-corrected chi connectivity index (χ1v) is 3.42. The molecule has 54 valence electrons. The van der Waals surface area contributed by atoms with Gasteiger partial charge in [-0.05, 0) is 18.6 Å². The van der Waals surface area contributed by atoms with Gasteiger partial charge in [-0.15, -0.1) is 0 Å². The predicted octanol–water partition coefficient (Wildman–Crippen LogP) is 2.44. The molecule has 3 heteroatoms. The number of halogens is 2. The minimum atomic E-state index is -0.459. The molecule has 0 saturated heterocycles. The van der Waals surface area contributed by atoms with Crippen LogP contribution in [-0.4, -0.2) is 4.98 Å². The molecule has 0 atom stereocenters. The molecule has 1 nitrogen and oxygen atoms in total. The van der Waals surface area contributed by atoms with Gasteiger partial charge in [-0.3, -0.25) is 0 Å². The van der Waals surface area contributed by atoms with Crippen molar-refractivity contribution in [2.45, 2.75) is 13.3 Å². The Morgan fingerprint density at radius 1 is 1.60 bits per heavy atom. The van der Waals surface area contributed by atoms with Crippen molar-refractivity contribution >= 4 is 11.6 Å². The van der Waals surface area contributed by atoms with Crippen molar-refractivity contribution in [2.24, 2.45) is 0 Å². The molecule has 0 unspecified atom stereocenters. The first kappa shape index (κ1) is 7.48. The van der Waals surface area contributed by atoms with Gasteiger partial charge in [0.1, 0.15) is 0 Å². The summed E-state index contributed by atoms with van der Waals surface area (Å²) in [6.07, 6.45) is 0.778. The number of pyridine rings is 1. The van der Waals surface area contributed by atoms with Gasteiger partial charge in [0.25, 0.3) is 0 Å². The van der Waals surface area contributed by atoms with E-state index in [1.165, 1.54) is 6.07 Å². The van der Waals surface area contributed by atoms with Crippen LogP contribution in [0, 0.1) is 5.82 Å². The molecule has 0 amide bonds. The van der Waals surface area contributed by atoms with Crippen LogP contribution in [0.25, 0.3) is 0 Å². The van der Waals surface area contributed by atoms with Gasteiger partial charge in [0.15, 0.2) is 11.0 Å². The third-order valence-corrected chi connectivity index (χ3v) is 1.49. The van der Waals surface area contributed by atoms with E-state index < -0.39 is 5.82 Å².